The van der Waals surface area contributed by atoms with Crippen LogP contribution in [0, 0.1) is 0 Å². The summed E-state index contributed by atoms with van der Waals surface area (Å²) >= 11 is 1.39. The molecule has 1 aliphatic rings. The van der Waals surface area contributed by atoms with E-state index in [2.05, 4.69) is 15.0 Å². The third kappa shape index (κ3) is 2.32. The van der Waals surface area contributed by atoms with E-state index in [0.717, 1.165) is 0 Å². The Bertz CT molecular complexity index is 664. The molecule has 2 aromatic heterocycles. The molecule has 0 saturated carbocycles. The molecule has 120 valence electrons. The van der Waals surface area contributed by atoms with E-state index in [-0.39, 0.29) is 5.82 Å². The molecule has 0 spiro atoms. The lowest BCUT2D eigenvalue weighted by atomic mass is 10.1. The predicted molar refractivity (Wildman–Crippen MR) is 80.0 cm³/mol. The van der Waals surface area contributed by atoms with E-state index >= 15 is 0 Å². The van der Waals surface area contributed by atoms with Crippen LogP contribution < -0.4 is 5.73 Å². The van der Waals surface area contributed by atoms with E-state index < -0.39 is 30.0 Å². The Balaban J connectivity index is 1.96. The normalized spacial score (nSPS) is 30.0. The van der Waals surface area contributed by atoms with Crippen LogP contribution in [0.3, 0.4) is 0 Å². The van der Waals surface area contributed by atoms with Gasteiger partial charge in [0.1, 0.15) is 35.6 Å². The minimum atomic E-state index is -1.14. The number of hydrogen-bond acceptors (Lipinski definition) is 9. The highest BCUT2D eigenvalue weighted by molar-refractivity contribution is 7.99. The molecule has 2 aromatic rings. The number of nitrogens with two attached hydrogens (primary N) is 1. The second-order valence-corrected chi connectivity index (χ2v) is 5.83. The SMILES string of the molecule is COC(SC)[C@H]1O[C@@H](n2cnc3c(N)ncnc32)[C@H](O)[C@@H]1O. The second-order valence-electron chi connectivity index (χ2n) is 4.90. The molecule has 10 heteroatoms. The smallest absolute Gasteiger partial charge is 0.167 e. The minimum Gasteiger partial charge on any atom is -0.387 e. The molecule has 1 unspecified atom stereocenters. The Morgan fingerprint density at radius 2 is 2.14 bits per heavy atom. The molecule has 3 heterocycles. The van der Waals surface area contributed by atoms with Gasteiger partial charge in [-0.3, -0.25) is 4.57 Å². The van der Waals surface area contributed by atoms with Crippen molar-refractivity contribution < 1.29 is 19.7 Å². The minimum absolute atomic E-state index is 0.243. The quantitative estimate of drug-likeness (QED) is 0.628. The van der Waals surface area contributed by atoms with Crippen molar-refractivity contribution in [3.05, 3.63) is 12.7 Å². The number of imidazole rings is 1. The third-order valence-corrected chi connectivity index (χ3v) is 4.59. The van der Waals surface area contributed by atoms with Gasteiger partial charge < -0.3 is 25.4 Å². The molecule has 9 nitrogen and oxygen atoms in total. The maximum Gasteiger partial charge on any atom is 0.167 e. The van der Waals surface area contributed by atoms with Crippen molar-refractivity contribution in [3.63, 3.8) is 0 Å². The number of nitrogen functional groups attached to an aromatic ring is 1. The summed E-state index contributed by atoms with van der Waals surface area (Å²) in [5.74, 6) is 0.243. The van der Waals surface area contributed by atoms with E-state index in [1.54, 1.807) is 0 Å². The number of rotatable bonds is 4. The highest BCUT2D eigenvalue weighted by Crippen LogP contribution is 2.35. The molecule has 0 amide bonds. The molecular formula is C12H17N5O4S. The van der Waals surface area contributed by atoms with E-state index in [1.807, 2.05) is 6.26 Å². The van der Waals surface area contributed by atoms with Gasteiger partial charge in [-0.2, -0.15) is 0 Å². The lowest BCUT2D eigenvalue weighted by Gasteiger charge is -2.22. The summed E-state index contributed by atoms with van der Waals surface area (Å²) < 4.78 is 12.6. The van der Waals surface area contributed by atoms with Crippen molar-refractivity contribution in [3.8, 4) is 0 Å². The molecule has 22 heavy (non-hydrogen) atoms. The van der Waals surface area contributed by atoms with Crippen LogP contribution in [0.25, 0.3) is 11.2 Å². The van der Waals surface area contributed by atoms with Gasteiger partial charge in [0.05, 0.1) is 6.33 Å². The van der Waals surface area contributed by atoms with Gasteiger partial charge in [-0.1, -0.05) is 0 Å². The average Bonchev–Trinajstić information content (AvgIpc) is 3.06. The van der Waals surface area contributed by atoms with Crippen molar-refractivity contribution in [1.29, 1.82) is 0 Å². The monoisotopic (exact) mass is 327 g/mol. The van der Waals surface area contributed by atoms with Gasteiger partial charge in [0.2, 0.25) is 0 Å². The number of aliphatic hydroxyl groups excluding tert-OH is 2. The first-order chi connectivity index (χ1) is 10.6. The molecule has 0 aromatic carbocycles. The highest BCUT2D eigenvalue weighted by Gasteiger charge is 2.47. The zero-order chi connectivity index (χ0) is 15.9. The Labute approximate surface area is 130 Å². The second kappa shape index (κ2) is 5.97. The summed E-state index contributed by atoms with van der Waals surface area (Å²) in [5, 5.41) is 20.5. The first kappa shape index (κ1) is 15.4. The Morgan fingerprint density at radius 1 is 1.36 bits per heavy atom. The van der Waals surface area contributed by atoms with Gasteiger partial charge in [-0.05, 0) is 6.26 Å². The number of thioether (sulfide) groups is 1. The summed E-state index contributed by atoms with van der Waals surface area (Å²) in [6.45, 7) is 0. The van der Waals surface area contributed by atoms with Gasteiger partial charge in [0.25, 0.3) is 0 Å². The molecule has 1 aliphatic heterocycles. The van der Waals surface area contributed by atoms with Crippen LogP contribution in [0.2, 0.25) is 0 Å². The number of nitrogens with zero attached hydrogens (tertiary/aromatic N) is 4. The number of methoxy groups -OCH3 is 1. The van der Waals surface area contributed by atoms with Crippen molar-refractivity contribution >= 4 is 28.7 Å². The predicted octanol–water partition coefficient (Wildman–Crippen LogP) is -0.637. The van der Waals surface area contributed by atoms with Crippen molar-refractivity contribution in [2.75, 3.05) is 19.1 Å². The van der Waals surface area contributed by atoms with E-state index in [9.17, 15) is 10.2 Å². The standard InChI is InChI=1S/C12H17N5O4S/c1-20-12(22-2)8-6(18)7(19)11(21-8)17-4-16-5-9(13)14-3-15-10(5)17/h3-4,6-8,11-12,18-19H,1-2H3,(H2,13,14,15)/t6-,7+,8-,11+,12?/m0/s1. The molecule has 1 saturated heterocycles. The molecule has 0 radical (unpaired) electrons. The lowest BCUT2D eigenvalue weighted by molar-refractivity contribution is -0.0680. The topological polar surface area (TPSA) is 129 Å². The molecule has 3 rings (SSSR count). The van der Waals surface area contributed by atoms with Crippen LogP contribution in [0.4, 0.5) is 5.82 Å². The van der Waals surface area contributed by atoms with Gasteiger partial charge in [-0.15, -0.1) is 11.8 Å². The first-order valence-electron chi connectivity index (χ1n) is 6.58. The fourth-order valence-electron chi connectivity index (χ4n) is 2.56. The van der Waals surface area contributed by atoms with E-state index in [0.29, 0.717) is 11.2 Å². The zero-order valence-electron chi connectivity index (χ0n) is 12.0. The van der Waals surface area contributed by atoms with Crippen LogP contribution >= 0.6 is 11.8 Å². The lowest BCUT2D eigenvalue weighted by Crippen LogP contribution is -2.38. The largest absolute Gasteiger partial charge is 0.387 e. The number of fused-ring (bicyclic) bond motifs is 1. The van der Waals surface area contributed by atoms with Gasteiger partial charge in [-0.25, -0.2) is 15.0 Å². The number of anilines is 1. The molecule has 5 atom stereocenters. The van der Waals surface area contributed by atoms with Gasteiger partial charge >= 0.3 is 0 Å². The Morgan fingerprint density at radius 3 is 2.82 bits per heavy atom. The van der Waals surface area contributed by atoms with Crippen LogP contribution in [0.1, 0.15) is 6.23 Å². The summed E-state index contributed by atoms with van der Waals surface area (Å²) in [5.41, 5.74) is 6.20. The molecular weight excluding hydrogens is 310 g/mol. The molecule has 4 N–H and O–H groups in total. The maximum absolute atomic E-state index is 10.3. The Kier molecular flexibility index (Phi) is 4.19. The Hall–Kier alpha value is -1.46. The zero-order valence-corrected chi connectivity index (χ0v) is 12.8. The van der Waals surface area contributed by atoms with Crippen molar-refractivity contribution in [1.82, 2.24) is 19.5 Å². The van der Waals surface area contributed by atoms with Gasteiger partial charge in [0, 0.05) is 7.11 Å². The first-order valence-corrected chi connectivity index (χ1v) is 7.87. The summed E-state index contributed by atoms with van der Waals surface area (Å²) in [7, 11) is 1.53. The van der Waals surface area contributed by atoms with Crippen LogP contribution in [-0.2, 0) is 9.47 Å². The number of aromatic nitrogens is 4. The molecule has 1 fully saturated rings. The van der Waals surface area contributed by atoms with E-state index in [1.165, 1.54) is 36.1 Å². The number of ether oxygens (including phenoxy) is 2. The van der Waals surface area contributed by atoms with Crippen LogP contribution in [0.15, 0.2) is 12.7 Å². The third-order valence-electron chi connectivity index (χ3n) is 3.67. The van der Waals surface area contributed by atoms with Crippen molar-refractivity contribution in [2.45, 2.75) is 30.0 Å². The molecule has 0 bridgehead atoms. The highest BCUT2D eigenvalue weighted by atomic mass is 32.2. The fourth-order valence-corrected chi connectivity index (χ4v) is 3.25. The van der Waals surface area contributed by atoms with E-state index in [4.69, 9.17) is 15.2 Å². The average molecular weight is 327 g/mol. The number of hydrogen-bond donors (Lipinski definition) is 3. The summed E-state index contributed by atoms with van der Waals surface area (Å²) in [4.78, 5) is 12.1. The van der Waals surface area contributed by atoms with Gasteiger partial charge in [0.15, 0.2) is 17.7 Å². The van der Waals surface area contributed by atoms with Crippen LogP contribution in [0.5, 0.6) is 0 Å². The number of aliphatic hydroxyl groups is 2. The van der Waals surface area contributed by atoms with Crippen LogP contribution in [-0.4, -0.2) is 66.8 Å². The summed E-state index contributed by atoms with van der Waals surface area (Å²) in [6.07, 6.45) is 0.887. The maximum atomic E-state index is 10.3. The van der Waals surface area contributed by atoms with Crippen molar-refractivity contribution in [2.24, 2.45) is 0 Å². The fraction of sp³-hybridized carbons (Fsp3) is 0.583. The summed E-state index contributed by atoms with van der Waals surface area (Å²) in [6, 6.07) is 0. The molecule has 0 aliphatic carbocycles.